The Hall–Kier alpha value is -1.21. The number of alkyl carbamates (subject to hydrolysis) is 1. The fraction of sp³-hybridized carbons (Fsp3) is 0.571. The van der Waals surface area contributed by atoms with Crippen molar-refractivity contribution in [1.82, 2.24) is 5.32 Å². The summed E-state index contributed by atoms with van der Waals surface area (Å²) >= 11 is 3.19. The van der Waals surface area contributed by atoms with E-state index in [1.54, 1.807) is 32.1 Å². The molecule has 1 rings (SSSR count). The number of carboxylic acid groups (broad SMARTS) is 1. The van der Waals surface area contributed by atoms with Crippen molar-refractivity contribution in [2.75, 3.05) is 11.5 Å². The predicted molar refractivity (Wildman–Crippen MR) is 86.1 cm³/mol. The van der Waals surface area contributed by atoms with E-state index in [2.05, 4.69) is 11.4 Å². The minimum atomic E-state index is -1.05. The van der Waals surface area contributed by atoms with Crippen LogP contribution in [0.5, 0.6) is 0 Å². The second-order valence-corrected chi connectivity index (χ2v) is 7.62. The summed E-state index contributed by atoms with van der Waals surface area (Å²) in [5.41, 5.74) is -0.639. The van der Waals surface area contributed by atoms with Crippen LogP contribution in [0.4, 0.5) is 4.79 Å². The topological polar surface area (TPSA) is 75.6 Å². The van der Waals surface area contributed by atoms with Crippen LogP contribution in [0.25, 0.3) is 0 Å². The van der Waals surface area contributed by atoms with Gasteiger partial charge in [-0.3, -0.25) is 0 Å². The summed E-state index contributed by atoms with van der Waals surface area (Å²) in [6, 6.07) is 3.11. The highest BCUT2D eigenvalue weighted by atomic mass is 32.2. The van der Waals surface area contributed by atoms with Crippen LogP contribution < -0.4 is 5.32 Å². The highest BCUT2D eigenvalue weighted by molar-refractivity contribution is 7.99. The molecule has 7 heteroatoms. The lowest BCUT2D eigenvalue weighted by Gasteiger charge is -2.21. The summed E-state index contributed by atoms with van der Waals surface area (Å²) in [7, 11) is 0. The number of amides is 1. The average molecular weight is 331 g/mol. The average Bonchev–Trinajstić information content (AvgIpc) is 2.83. The molecule has 1 amide bonds. The monoisotopic (exact) mass is 331 g/mol. The lowest BCUT2D eigenvalue weighted by atomic mass is 10.2. The minimum absolute atomic E-state index is 0.319. The molecule has 0 aliphatic rings. The van der Waals surface area contributed by atoms with Crippen LogP contribution in [0.15, 0.2) is 17.5 Å². The Morgan fingerprint density at radius 2 is 2.19 bits per heavy atom. The Bertz CT molecular complexity index is 454. The molecule has 0 aromatic carbocycles. The maximum absolute atomic E-state index is 11.6. The van der Waals surface area contributed by atoms with Gasteiger partial charge in [-0.15, -0.1) is 11.3 Å². The molecule has 1 aromatic heterocycles. The SMILES string of the molecule is CC(C)(C)OC(=O)NC(CSCCc1cccs1)C(=O)O. The van der Waals surface area contributed by atoms with E-state index in [4.69, 9.17) is 9.84 Å². The van der Waals surface area contributed by atoms with Crippen molar-refractivity contribution in [3.63, 3.8) is 0 Å². The number of carbonyl (C=O) groups is 2. The third kappa shape index (κ3) is 7.96. The van der Waals surface area contributed by atoms with Gasteiger partial charge in [-0.1, -0.05) is 6.07 Å². The molecule has 1 unspecified atom stereocenters. The molecule has 1 aromatic rings. The molecule has 2 N–H and O–H groups in total. The fourth-order valence-corrected chi connectivity index (χ4v) is 3.28. The van der Waals surface area contributed by atoms with Crippen LogP contribution in [0.2, 0.25) is 0 Å². The van der Waals surface area contributed by atoms with E-state index >= 15 is 0 Å². The van der Waals surface area contributed by atoms with Gasteiger partial charge in [0.25, 0.3) is 0 Å². The number of thioether (sulfide) groups is 1. The molecule has 0 aliphatic heterocycles. The normalized spacial score (nSPS) is 12.7. The molecule has 0 spiro atoms. The van der Waals surface area contributed by atoms with Gasteiger partial charge in [-0.05, 0) is 44.4 Å². The molecule has 0 fully saturated rings. The Morgan fingerprint density at radius 3 is 2.71 bits per heavy atom. The van der Waals surface area contributed by atoms with Gasteiger partial charge in [-0.25, -0.2) is 9.59 Å². The van der Waals surface area contributed by atoms with E-state index in [1.165, 1.54) is 16.6 Å². The minimum Gasteiger partial charge on any atom is -0.480 e. The van der Waals surface area contributed by atoms with Gasteiger partial charge >= 0.3 is 12.1 Å². The molecular formula is C14H21NO4S2. The van der Waals surface area contributed by atoms with Gasteiger partial charge in [0.05, 0.1) is 0 Å². The molecule has 1 heterocycles. The summed E-state index contributed by atoms with van der Waals surface area (Å²) < 4.78 is 5.06. The van der Waals surface area contributed by atoms with Crippen LogP contribution in [-0.2, 0) is 16.0 Å². The number of ether oxygens (including phenoxy) is 1. The van der Waals surface area contributed by atoms with Crippen molar-refractivity contribution in [1.29, 1.82) is 0 Å². The first-order valence-electron chi connectivity index (χ1n) is 6.60. The Kier molecular flexibility index (Phi) is 7.04. The number of nitrogens with one attached hydrogen (secondary N) is 1. The number of thiophene rings is 1. The molecule has 1 atom stereocenters. The summed E-state index contributed by atoms with van der Waals surface area (Å²) in [6.07, 6.45) is 0.204. The first kappa shape index (κ1) is 17.8. The largest absolute Gasteiger partial charge is 0.480 e. The van der Waals surface area contributed by atoms with E-state index in [-0.39, 0.29) is 0 Å². The summed E-state index contributed by atoms with van der Waals surface area (Å²) in [5, 5.41) is 13.5. The number of hydrogen-bond donors (Lipinski definition) is 2. The highest BCUT2D eigenvalue weighted by Gasteiger charge is 2.23. The molecule has 0 saturated heterocycles. The number of aliphatic carboxylic acids is 1. The predicted octanol–water partition coefficient (Wildman–Crippen LogP) is 3.00. The number of aryl methyl sites for hydroxylation is 1. The zero-order chi connectivity index (χ0) is 15.9. The van der Waals surface area contributed by atoms with Gasteiger partial charge in [0.2, 0.25) is 0 Å². The standard InChI is InChI=1S/C14H21NO4S2/c1-14(2,3)19-13(18)15-11(12(16)17)9-20-8-6-10-5-4-7-21-10/h4-5,7,11H,6,8-9H2,1-3H3,(H,15,18)(H,16,17). The maximum atomic E-state index is 11.6. The van der Waals surface area contributed by atoms with Gasteiger partial charge in [0, 0.05) is 10.6 Å². The van der Waals surface area contributed by atoms with Crippen molar-refractivity contribution in [3.8, 4) is 0 Å². The van der Waals surface area contributed by atoms with E-state index < -0.39 is 23.7 Å². The third-order valence-electron chi connectivity index (χ3n) is 2.35. The Labute approximate surface area is 133 Å². The van der Waals surface area contributed by atoms with Crippen molar-refractivity contribution in [2.24, 2.45) is 0 Å². The van der Waals surface area contributed by atoms with Gasteiger partial charge < -0.3 is 15.2 Å². The van der Waals surface area contributed by atoms with Crippen molar-refractivity contribution >= 4 is 35.2 Å². The van der Waals surface area contributed by atoms with Gasteiger partial charge in [0.1, 0.15) is 11.6 Å². The first-order chi connectivity index (χ1) is 9.78. The molecule has 0 bridgehead atoms. The number of rotatable bonds is 7. The lowest BCUT2D eigenvalue weighted by Crippen LogP contribution is -2.45. The number of carboxylic acids is 1. The number of hydrogen-bond acceptors (Lipinski definition) is 5. The van der Waals surface area contributed by atoms with Crippen LogP contribution in [0, 0.1) is 0 Å². The summed E-state index contributed by atoms with van der Waals surface area (Å²) in [5.74, 6) is 0.0877. The first-order valence-corrected chi connectivity index (χ1v) is 8.64. The molecule has 21 heavy (non-hydrogen) atoms. The van der Waals surface area contributed by atoms with Crippen molar-refractivity contribution < 1.29 is 19.4 Å². The van der Waals surface area contributed by atoms with E-state index in [0.717, 1.165) is 12.2 Å². The summed E-state index contributed by atoms with van der Waals surface area (Å²) in [4.78, 5) is 24.0. The molecule has 118 valence electrons. The van der Waals surface area contributed by atoms with E-state index in [9.17, 15) is 9.59 Å². The van der Waals surface area contributed by atoms with Crippen LogP contribution in [0.3, 0.4) is 0 Å². The van der Waals surface area contributed by atoms with E-state index in [1.807, 2.05) is 11.4 Å². The van der Waals surface area contributed by atoms with Gasteiger partial charge in [-0.2, -0.15) is 11.8 Å². The zero-order valence-corrected chi connectivity index (χ0v) is 14.1. The maximum Gasteiger partial charge on any atom is 0.408 e. The molecule has 0 saturated carbocycles. The second kappa shape index (κ2) is 8.29. The molecule has 0 radical (unpaired) electrons. The molecule has 0 aliphatic carbocycles. The molecule has 5 nitrogen and oxygen atoms in total. The smallest absolute Gasteiger partial charge is 0.408 e. The quantitative estimate of drug-likeness (QED) is 0.751. The van der Waals surface area contributed by atoms with Gasteiger partial charge in [0.15, 0.2) is 0 Å². The van der Waals surface area contributed by atoms with Crippen molar-refractivity contribution in [3.05, 3.63) is 22.4 Å². The Morgan fingerprint density at radius 1 is 1.48 bits per heavy atom. The summed E-state index contributed by atoms with van der Waals surface area (Å²) in [6.45, 7) is 5.20. The van der Waals surface area contributed by atoms with Crippen LogP contribution in [0.1, 0.15) is 25.6 Å². The molecular weight excluding hydrogens is 310 g/mol. The van der Waals surface area contributed by atoms with Crippen molar-refractivity contribution in [2.45, 2.75) is 38.8 Å². The lowest BCUT2D eigenvalue weighted by molar-refractivity contribution is -0.138. The van der Waals surface area contributed by atoms with E-state index in [0.29, 0.717) is 5.75 Å². The zero-order valence-electron chi connectivity index (χ0n) is 12.4. The Balaban J connectivity index is 2.32. The highest BCUT2D eigenvalue weighted by Crippen LogP contribution is 2.14. The number of carbonyl (C=O) groups excluding carboxylic acids is 1. The van der Waals surface area contributed by atoms with Crippen LogP contribution >= 0.6 is 23.1 Å². The fourth-order valence-electron chi connectivity index (χ4n) is 1.45. The van der Waals surface area contributed by atoms with Crippen LogP contribution in [-0.4, -0.2) is 40.3 Å². The second-order valence-electron chi connectivity index (χ2n) is 5.44. The third-order valence-corrected chi connectivity index (χ3v) is 4.34.